The number of halogens is 2. The number of thioether (sulfide) groups is 1. The van der Waals surface area contributed by atoms with Gasteiger partial charge >= 0.3 is 0 Å². The summed E-state index contributed by atoms with van der Waals surface area (Å²) < 4.78 is 0.956. The Bertz CT molecular complexity index is 441. The highest BCUT2D eigenvalue weighted by molar-refractivity contribution is 9.10. The van der Waals surface area contributed by atoms with Crippen LogP contribution in [0.1, 0.15) is 37.0 Å². The van der Waals surface area contributed by atoms with E-state index in [2.05, 4.69) is 41.3 Å². The van der Waals surface area contributed by atoms with Gasteiger partial charge < -0.3 is 5.32 Å². The molecule has 19 heavy (non-hydrogen) atoms. The van der Waals surface area contributed by atoms with E-state index < -0.39 is 0 Å². The van der Waals surface area contributed by atoms with Gasteiger partial charge in [-0.25, -0.2) is 0 Å². The van der Waals surface area contributed by atoms with E-state index in [-0.39, 0.29) is 10.7 Å². The molecular formula is C14H19BrClNOS. The van der Waals surface area contributed by atoms with E-state index in [4.69, 9.17) is 11.6 Å². The van der Waals surface area contributed by atoms with Gasteiger partial charge in [0, 0.05) is 15.8 Å². The number of hydrogen-bond donors (Lipinski definition) is 1. The topological polar surface area (TPSA) is 29.1 Å². The Hall–Kier alpha value is -0.190. The van der Waals surface area contributed by atoms with Crippen LogP contribution in [0.4, 0.5) is 0 Å². The van der Waals surface area contributed by atoms with Gasteiger partial charge in [-0.05, 0) is 37.3 Å². The summed E-state index contributed by atoms with van der Waals surface area (Å²) in [6, 6.07) is 5.29. The van der Waals surface area contributed by atoms with Gasteiger partial charge in [-0.2, -0.15) is 11.8 Å². The summed E-state index contributed by atoms with van der Waals surface area (Å²) in [6.45, 7) is 4.96. The number of rotatable bonds is 6. The van der Waals surface area contributed by atoms with Gasteiger partial charge in [0.15, 0.2) is 0 Å². The maximum atomic E-state index is 12.2. The molecule has 0 aliphatic rings. The number of nitrogens with one attached hydrogen (secondary N) is 1. The molecule has 0 saturated carbocycles. The van der Waals surface area contributed by atoms with Crippen molar-refractivity contribution in [3.63, 3.8) is 0 Å². The van der Waals surface area contributed by atoms with Gasteiger partial charge in [0.25, 0.3) is 5.91 Å². The molecule has 1 amide bonds. The second kappa shape index (κ2) is 7.55. The van der Waals surface area contributed by atoms with Crippen LogP contribution in [0.2, 0.25) is 5.02 Å². The van der Waals surface area contributed by atoms with Gasteiger partial charge in [0.1, 0.15) is 0 Å². The summed E-state index contributed by atoms with van der Waals surface area (Å²) in [5, 5.41) is 3.47. The average Bonchev–Trinajstić information content (AvgIpc) is 2.43. The van der Waals surface area contributed by atoms with E-state index >= 15 is 0 Å². The van der Waals surface area contributed by atoms with Crippen LogP contribution in [0, 0.1) is 0 Å². The highest BCUT2D eigenvalue weighted by Crippen LogP contribution is 2.30. The van der Waals surface area contributed by atoms with Crippen LogP contribution in [0.25, 0.3) is 0 Å². The van der Waals surface area contributed by atoms with Crippen LogP contribution in [-0.2, 0) is 0 Å². The number of amides is 1. The van der Waals surface area contributed by atoms with Crippen molar-refractivity contribution < 1.29 is 4.79 Å². The Morgan fingerprint density at radius 3 is 2.58 bits per heavy atom. The molecule has 0 spiro atoms. The van der Waals surface area contributed by atoms with Crippen molar-refractivity contribution in [2.75, 3.05) is 12.8 Å². The van der Waals surface area contributed by atoms with Crippen molar-refractivity contribution in [2.45, 2.75) is 31.4 Å². The van der Waals surface area contributed by atoms with Crippen molar-refractivity contribution in [2.24, 2.45) is 0 Å². The minimum atomic E-state index is -0.119. The van der Waals surface area contributed by atoms with Gasteiger partial charge in [0.2, 0.25) is 0 Å². The fourth-order valence-corrected chi connectivity index (χ4v) is 3.23. The Kier molecular flexibility index (Phi) is 6.71. The predicted octanol–water partition coefficient (Wildman–Crippen LogP) is 4.75. The zero-order valence-corrected chi connectivity index (χ0v) is 14.6. The van der Waals surface area contributed by atoms with E-state index in [0.717, 1.165) is 17.3 Å². The monoisotopic (exact) mass is 363 g/mol. The summed E-state index contributed by atoms with van der Waals surface area (Å²) in [6.07, 6.45) is 4.14. The maximum Gasteiger partial charge on any atom is 0.252 e. The molecule has 0 saturated heterocycles. The van der Waals surface area contributed by atoms with Gasteiger partial charge in [-0.15, -0.1) is 0 Å². The van der Waals surface area contributed by atoms with E-state index in [1.54, 1.807) is 23.9 Å². The molecule has 5 heteroatoms. The summed E-state index contributed by atoms with van der Waals surface area (Å²) >= 11 is 11.2. The molecule has 0 radical (unpaired) electrons. The first-order valence-corrected chi connectivity index (χ1v) is 8.66. The number of carbonyl (C=O) groups excluding carboxylic acids is 1. The fourth-order valence-electron chi connectivity index (χ4n) is 1.87. The van der Waals surface area contributed by atoms with E-state index in [1.165, 1.54) is 0 Å². The molecule has 0 aliphatic carbocycles. The molecule has 0 aromatic heterocycles. The van der Waals surface area contributed by atoms with E-state index in [9.17, 15) is 4.79 Å². The Morgan fingerprint density at radius 1 is 1.42 bits per heavy atom. The third-order valence-corrected chi connectivity index (χ3v) is 5.88. The highest BCUT2D eigenvalue weighted by Gasteiger charge is 2.25. The second-order valence-corrected chi connectivity index (χ2v) is 7.00. The lowest BCUT2D eigenvalue weighted by molar-refractivity contribution is 0.0949. The Balaban J connectivity index is 2.77. The van der Waals surface area contributed by atoms with Crippen molar-refractivity contribution >= 4 is 45.2 Å². The van der Waals surface area contributed by atoms with Crippen LogP contribution in [0.5, 0.6) is 0 Å². The quantitative estimate of drug-likeness (QED) is 0.789. The highest BCUT2D eigenvalue weighted by atomic mass is 79.9. The molecule has 0 bridgehead atoms. The summed E-state index contributed by atoms with van der Waals surface area (Å²) in [5.74, 6) is -0.119. The number of benzene rings is 1. The third-order valence-electron chi connectivity index (χ3n) is 3.47. The fraction of sp³-hybridized carbons (Fsp3) is 0.500. The lowest BCUT2D eigenvalue weighted by Crippen LogP contribution is -2.39. The molecule has 2 nitrogen and oxygen atoms in total. The minimum absolute atomic E-state index is 0.105. The predicted molar refractivity (Wildman–Crippen MR) is 88.3 cm³/mol. The summed E-state index contributed by atoms with van der Waals surface area (Å²) in [4.78, 5) is 12.2. The number of hydrogen-bond acceptors (Lipinski definition) is 2. The second-order valence-electron chi connectivity index (χ2n) is 4.40. The minimum Gasteiger partial charge on any atom is -0.351 e. The van der Waals surface area contributed by atoms with E-state index in [0.29, 0.717) is 17.1 Å². The SMILES string of the molecule is CCC(CC)(CNC(=O)c1cc(Br)ccc1Cl)SC. The first kappa shape index (κ1) is 16.9. The van der Waals surface area contributed by atoms with Gasteiger partial charge in [-0.1, -0.05) is 41.4 Å². The zero-order valence-electron chi connectivity index (χ0n) is 11.4. The van der Waals surface area contributed by atoms with Crippen molar-refractivity contribution in [3.05, 3.63) is 33.3 Å². The van der Waals surface area contributed by atoms with Crippen molar-refractivity contribution in [3.8, 4) is 0 Å². The molecule has 106 valence electrons. The van der Waals surface area contributed by atoms with Crippen LogP contribution in [0.15, 0.2) is 22.7 Å². The standard InChI is InChI=1S/C14H19BrClNOS/c1-4-14(5-2,19-3)9-17-13(18)11-8-10(15)6-7-12(11)16/h6-8H,4-5,9H2,1-3H3,(H,17,18). The Morgan fingerprint density at radius 2 is 2.05 bits per heavy atom. The smallest absolute Gasteiger partial charge is 0.252 e. The first-order valence-electron chi connectivity index (χ1n) is 6.26. The van der Waals surface area contributed by atoms with Crippen molar-refractivity contribution in [1.29, 1.82) is 0 Å². The van der Waals surface area contributed by atoms with E-state index in [1.807, 2.05) is 6.07 Å². The third kappa shape index (κ3) is 4.40. The van der Waals surface area contributed by atoms with Crippen molar-refractivity contribution in [1.82, 2.24) is 5.32 Å². The van der Waals surface area contributed by atoms with Crippen LogP contribution in [-0.4, -0.2) is 23.5 Å². The van der Waals surface area contributed by atoms with Crippen LogP contribution >= 0.6 is 39.3 Å². The summed E-state index contributed by atoms with van der Waals surface area (Å²) in [7, 11) is 0. The lowest BCUT2D eigenvalue weighted by Gasteiger charge is -2.29. The molecule has 0 fully saturated rings. The molecule has 1 aromatic carbocycles. The average molecular weight is 365 g/mol. The zero-order chi connectivity index (χ0) is 14.5. The van der Waals surface area contributed by atoms with Gasteiger partial charge in [-0.3, -0.25) is 4.79 Å². The molecule has 0 heterocycles. The van der Waals surface area contributed by atoms with Crippen LogP contribution in [0.3, 0.4) is 0 Å². The Labute approximate surface area is 132 Å². The molecule has 0 atom stereocenters. The maximum absolute atomic E-state index is 12.2. The molecule has 0 aliphatic heterocycles. The summed E-state index contributed by atoms with van der Waals surface area (Å²) in [5.41, 5.74) is 0.512. The molecule has 1 N–H and O–H groups in total. The molecule has 0 unspecified atom stereocenters. The molecule has 1 aromatic rings. The first-order chi connectivity index (χ1) is 8.98. The lowest BCUT2D eigenvalue weighted by atomic mass is 10.0. The number of carbonyl (C=O) groups is 1. The normalized spacial score (nSPS) is 11.4. The van der Waals surface area contributed by atoms with Gasteiger partial charge in [0.05, 0.1) is 10.6 Å². The molecular weight excluding hydrogens is 346 g/mol. The largest absolute Gasteiger partial charge is 0.351 e. The van der Waals surface area contributed by atoms with Crippen LogP contribution < -0.4 is 5.32 Å². The molecule has 1 rings (SSSR count).